The van der Waals surface area contributed by atoms with E-state index in [4.69, 9.17) is 21.7 Å². The zero-order valence-corrected chi connectivity index (χ0v) is 15.9. The van der Waals surface area contributed by atoms with Crippen LogP contribution < -0.4 is 4.74 Å². The number of hydrogen-bond acceptors (Lipinski definition) is 4. The average molecular weight is 414 g/mol. The maximum absolute atomic E-state index is 13.7. The number of thioether (sulfide) groups is 1. The van der Waals surface area contributed by atoms with Gasteiger partial charge in [-0.05, 0) is 35.2 Å². The summed E-state index contributed by atoms with van der Waals surface area (Å²) in [5.74, 6) is -0.352. The van der Waals surface area contributed by atoms with Gasteiger partial charge in [0.05, 0.1) is 10.6 Å². The van der Waals surface area contributed by atoms with Crippen molar-refractivity contribution in [2.75, 3.05) is 0 Å². The fourth-order valence-electron chi connectivity index (χ4n) is 2.69. The molecule has 2 aromatic rings. The first-order valence-corrected chi connectivity index (χ1v) is 9.50. The standard InChI is InChI=1S/C20H13ClFN3O2S/c21-15-10-12(5-6-17(15)27-11-13-3-1-2-4-16(13)22)9-14-18(23)25-7-8-28-20(25)24-19(14)26/h1-10,23H,11H2. The lowest BCUT2D eigenvalue weighted by Crippen LogP contribution is -2.35. The fourth-order valence-corrected chi connectivity index (χ4v) is 3.64. The first-order chi connectivity index (χ1) is 13.5. The van der Waals surface area contributed by atoms with E-state index in [0.717, 1.165) is 0 Å². The monoisotopic (exact) mass is 413 g/mol. The molecule has 0 bridgehead atoms. The van der Waals surface area contributed by atoms with Crippen LogP contribution in [-0.2, 0) is 11.4 Å². The molecule has 2 aliphatic rings. The van der Waals surface area contributed by atoms with Crippen molar-refractivity contribution in [2.24, 2.45) is 4.99 Å². The Hall–Kier alpha value is -2.90. The molecule has 2 aliphatic heterocycles. The summed E-state index contributed by atoms with van der Waals surface area (Å²) in [7, 11) is 0. The van der Waals surface area contributed by atoms with Gasteiger partial charge in [0.25, 0.3) is 5.91 Å². The molecule has 0 fully saturated rings. The summed E-state index contributed by atoms with van der Waals surface area (Å²) < 4.78 is 19.3. The van der Waals surface area contributed by atoms with Crippen molar-refractivity contribution < 1.29 is 13.9 Å². The lowest BCUT2D eigenvalue weighted by Gasteiger charge is -2.22. The maximum atomic E-state index is 13.7. The minimum atomic E-state index is -0.469. The quantitative estimate of drug-likeness (QED) is 0.729. The Balaban J connectivity index is 1.54. The molecule has 0 saturated heterocycles. The van der Waals surface area contributed by atoms with E-state index in [1.807, 2.05) is 0 Å². The zero-order valence-electron chi connectivity index (χ0n) is 14.4. The fraction of sp³-hybridized carbons (Fsp3) is 0.0500. The molecule has 0 aliphatic carbocycles. The molecular weight excluding hydrogens is 401 g/mol. The van der Waals surface area contributed by atoms with Crippen LogP contribution in [0, 0.1) is 11.2 Å². The number of nitrogens with zero attached hydrogens (tertiary/aromatic N) is 2. The van der Waals surface area contributed by atoms with Gasteiger partial charge in [0.2, 0.25) is 0 Å². The average Bonchev–Trinajstić information content (AvgIpc) is 3.14. The smallest absolute Gasteiger partial charge is 0.283 e. The van der Waals surface area contributed by atoms with E-state index >= 15 is 0 Å². The van der Waals surface area contributed by atoms with E-state index in [2.05, 4.69) is 4.99 Å². The van der Waals surface area contributed by atoms with E-state index in [-0.39, 0.29) is 23.8 Å². The van der Waals surface area contributed by atoms with E-state index in [0.29, 0.717) is 27.1 Å². The Morgan fingerprint density at radius 1 is 1.29 bits per heavy atom. The third kappa shape index (κ3) is 3.58. The Labute approximate surface area is 169 Å². The number of ether oxygens (including phenoxy) is 1. The highest BCUT2D eigenvalue weighted by molar-refractivity contribution is 8.16. The van der Waals surface area contributed by atoms with E-state index < -0.39 is 5.91 Å². The van der Waals surface area contributed by atoms with Gasteiger partial charge in [0.15, 0.2) is 5.17 Å². The van der Waals surface area contributed by atoms with Crippen LogP contribution >= 0.6 is 23.4 Å². The summed E-state index contributed by atoms with van der Waals surface area (Å²) in [6.45, 7) is 0.0480. The molecule has 0 saturated carbocycles. The van der Waals surface area contributed by atoms with Gasteiger partial charge in [-0.25, -0.2) is 4.39 Å². The van der Waals surface area contributed by atoms with Gasteiger partial charge in [-0.2, -0.15) is 4.99 Å². The third-order valence-electron chi connectivity index (χ3n) is 4.12. The SMILES string of the molecule is N=C1C(=Cc2ccc(OCc3ccccc3F)c(Cl)c2)C(=O)N=C2SC=CN12. The normalized spacial score (nSPS) is 17.1. The Morgan fingerprint density at radius 2 is 2.11 bits per heavy atom. The number of fused-ring (bicyclic) bond motifs is 1. The Kier molecular flexibility index (Phi) is 5.02. The van der Waals surface area contributed by atoms with Crippen LogP contribution in [0.2, 0.25) is 5.02 Å². The minimum absolute atomic E-state index is 0.0480. The second kappa shape index (κ2) is 7.61. The highest BCUT2D eigenvalue weighted by Crippen LogP contribution is 2.30. The molecule has 8 heteroatoms. The summed E-state index contributed by atoms with van der Waals surface area (Å²) in [5.41, 5.74) is 1.23. The number of rotatable bonds is 4. The summed E-state index contributed by atoms with van der Waals surface area (Å²) in [6.07, 6.45) is 3.26. The van der Waals surface area contributed by atoms with Crippen molar-refractivity contribution in [3.8, 4) is 5.75 Å². The molecular formula is C20H13ClFN3O2S. The third-order valence-corrected chi connectivity index (χ3v) is 5.17. The topological polar surface area (TPSA) is 65.8 Å². The van der Waals surface area contributed by atoms with Crippen molar-refractivity contribution >= 4 is 46.3 Å². The molecule has 0 aromatic heterocycles. The van der Waals surface area contributed by atoms with Gasteiger partial charge >= 0.3 is 0 Å². The first kappa shape index (κ1) is 18.5. The van der Waals surface area contributed by atoms with Gasteiger partial charge < -0.3 is 4.74 Å². The molecule has 2 heterocycles. The number of amidine groups is 2. The van der Waals surface area contributed by atoms with Crippen LogP contribution in [0.1, 0.15) is 11.1 Å². The van der Waals surface area contributed by atoms with Crippen molar-refractivity contribution in [3.05, 3.63) is 81.6 Å². The number of carbonyl (C=O) groups excluding carboxylic acids is 1. The largest absolute Gasteiger partial charge is 0.487 e. The molecule has 5 nitrogen and oxygen atoms in total. The van der Waals surface area contributed by atoms with E-state index in [1.54, 1.807) is 59.0 Å². The zero-order chi connectivity index (χ0) is 19.7. The van der Waals surface area contributed by atoms with Crippen molar-refractivity contribution in [3.63, 3.8) is 0 Å². The van der Waals surface area contributed by atoms with Crippen molar-refractivity contribution in [2.45, 2.75) is 6.61 Å². The number of amides is 1. The second-order valence-corrected chi connectivity index (χ2v) is 7.23. The number of benzene rings is 2. The molecule has 0 spiro atoms. The molecule has 4 rings (SSSR count). The van der Waals surface area contributed by atoms with Gasteiger partial charge in [0.1, 0.15) is 24.0 Å². The van der Waals surface area contributed by atoms with Gasteiger partial charge in [-0.1, -0.05) is 47.6 Å². The molecule has 0 unspecified atom stereocenters. The molecule has 2 aromatic carbocycles. The lowest BCUT2D eigenvalue weighted by atomic mass is 10.1. The molecule has 0 radical (unpaired) electrons. The van der Waals surface area contributed by atoms with Crippen molar-refractivity contribution in [1.29, 1.82) is 5.41 Å². The maximum Gasteiger partial charge on any atom is 0.283 e. The van der Waals surface area contributed by atoms with Crippen LogP contribution in [0.25, 0.3) is 6.08 Å². The lowest BCUT2D eigenvalue weighted by molar-refractivity contribution is -0.114. The van der Waals surface area contributed by atoms with Crippen LogP contribution in [0.15, 0.2) is 64.6 Å². The summed E-state index contributed by atoms with van der Waals surface area (Å²) >= 11 is 7.57. The highest BCUT2D eigenvalue weighted by Gasteiger charge is 2.31. The summed E-state index contributed by atoms with van der Waals surface area (Å²) in [4.78, 5) is 17.8. The number of hydrogen-bond donors (Lipinski definition) is 1. The number of aliphatic imine (C=N–C) groups is 1. The van der Waals surface area contributed by atoms with E-state index in [9.17, 15) is 9.18 Å². The number of carbonyl (C=O) groups is 1. The molecule has 1 N–H and O–H groups in total. The van der Waals surface area contributed by atoms with Crippen LogP contribution in [0.4, 0.5) is 4.39 Å². The van der Waals surface area contributed by atoms with Gasteiger partial charge in [-0.15, -0.1) is 0 Å². The number of halogens is 2. The summed E-state index contributed by atoms with van der Waals surface area (Å²) in [6, 6.07) is 11.3. The predicted octanol–water partition coefficient (Wildman–Crippen LogP) is 4.83. The minimum Gasteiger partial charge on any atom is -0.487 e. The molecule has 0 atom stereocenters. The van der Waals surface area contributed by atoms with Crippen LogP contribution in [0.3, 0.4) is 0 Å². The highest BCUT2D eigenvalue weighted by atomic mass is 35.5. The Morgan fingerprint density at radius 3 is 2.89 bits per heavy atom. The molecule has 28 heavy (non-hydrogen) atoms. The van der Waals surface area contributed by atoms with E-state index in [1.165, 1.54) is 17.8 Å². The van der Waals surface area contributed by atoms with Gasteiger partial charge in [-0.3, -0.25) is 15.1 Å². The van der Waals surface area contributed by atoms with Crippen molar-refractivity contribution in [1.82, 2.24) is 4.90 Å². The number of nitrogens with one attached hydrogen (secondary N) is 1. The van der Waals surface area contributed by atoms with Crippen LogP contribution in [0.5, 0.6) is 5.75 Å². The molecule has 140 valence electrons. The predicted molar refractivity (Wildman–Crippen MR) is 109 cm³/mol. The summed E-state index contributed by atoms with van der Waals surface area (Å²) in [5, 5.41) is 10.8. The first-order valence-electron chi connectivity index (χ1n) is 8.25. The second-order valence-electron chi connectivity index (χ2n) is 5.95. The van der Waals surface area contributed by atoms with Gasteiger partial charge in [0, 0.05) is 11.8 Å². The molecule has 1 amide bonds. The Bertz CT molecular complexity index is 1080. The van der Waals surface area contributed by atoms with Crippen LogP contribution in [-0.4, -0.2) is 21.8 Å².